The Hall–Kier alpha value is 0.171. The molecule has 1 fully saturated rings. The van der Waals surface area contributed by atoms with Gasteiger partial charge in [-0.3, -0.25) is 13.7 Å². The summed E-state index contributed by atoms with van der Waals surface area (Å²) in [5.74, 6) is 0. The Labute approximate surface area is 274 Å². The Bertz CT molecular complexity index is 694. The van der Waals surface area contributed by atoms with Gasteiger partial charge in [-0.1, -0.05) is 0 Å². The van der Waals surface area contributed by atoms with Crippen LogP contribution in [0.2, 0.25) is 18.1 Å². The van der Waals surface area contributed by atoms with Crippen LogP contribution in [0, 0.1) is 0 Å². The molecular weight excluding hydrogens is 613 g/mol. The van der Waals surface area contributed by atoms with Gasteiger partial charge in [-0.15, -0.1) is 0 Å². The third-order valence-electron chi connectivity index (χ3n) is 7.93. The van der Waals surface area contributed by atoms with Crippen LogP contribution in [0.4, 0.5) is 0 Å². The van der Waals surface area contributed by atoms with Crippen molar-refractivity contribution in [2.75, 3.05) is 122 Å². The summed E-state index contributed by atoms with van der Waals surface area (Å²) in [7, 11) is 6.04. The topological polar surface area (TPSA) is 74.8 Å². The fraction of sp³-hybridized carbons (Fsp3) is 1.00. The lowest BCUT2D eigenvalue weighted by atomic mass is 10.5. The van der Waals surface area contributed by atoms with Gasteiger partial charge in [0, 0.05) is 78.3 Å². The Morgan fingerprint density at radius 3 is 0.955 bits per heavy atom. The number of hydrogen-bond donors (Lipinski definition) is 0. The van der Waals surface area contributed by atoms with Crippen molar-refractivity contribution in [1.29, 1.82) is 0 Å². The van der Waals surface area contributed by atoms with E-state index in [-0.39, 0.29) is 0 Å². The van der Waals surface area contributed by atoms with E-state index < -0.39 is 26.2 Å². The first kappa shape index (κ1) is 42.2. The predicted molar refractivity (Wildman–Crippen MR) is 186 cm³/mol. The molecule has 264 valence electrons. The van der Waals surface area contributed by atoms with E-state index in [4.69, 9.17) is 26.6 Å². The molecule has 0 aromatic rings. The van der Waals surface area contributed by atoms with Crippen LogP contribution in [0.15, 0.2) is 0 Å². The molecule has 1 unspecified atom stereocenters. The second kappa shape index (κ2) is 21.9. The molecule has 1 aliphatic rings. The molecule has 1 atom stereocenters. The SMILES string of the molecule is CCO[Si](CCCN(C)C)(OC)N1CN([Si](CCCN(C)C)(OCC)OCC)CN([Si](CCCN(C)C)(OCC)OCC)C1. The maximum Gasteiger partial charge on any atom is 0.429 e. The minimum absolute atomic E-state index is 0.600. The summed E-state index contributed by atoms with van der Waals surface area (Å²) in [4.78, 5) is 6.71. The quantitative estimate of drug-likeness (QED) is 0.126. The monoisotopic (exact) mass is 682 g/mol. The summed E-state index contributed by atoms with van der Waals surface area (Å²) in [6, 6.07) is 2.63. The van der Waals surface area contributed by atoms with Crippen LogP contribution in [0.5, 0.6) is 0 Å². The fourth-order valence-corrected chi connectivity index (χ4v) is 16.2. The lowest BCUT2D eigenvalue weighted by Crippen LogP contribution is -2.77. The molecule has 0 aliphatic carbocycles. The minimum Gasteiger partial charge on any atom is -0.386 e. The maximum absolute atomic E-state index is 6.78. The van der Waals surface area contributed by atoms with E-state index in [9.17, 15) is 0 Å². The molecule has 1 aliphatic heterocycles. The van der Waals surface area contributed by atoms with Gasteiger partial charge in [0.15, 0.2) is 0 Å². The van der Waals surface area contributed by atoms with E-state index in [0.29, 0.717) is 53.0 Å². The van der Waals surface area contributed by atoms with Gasteiger partial charge < -0.3 is 41.3 Å². The van der Waals surface area contributed by atoms with Crippen LogP contribution in [-0.2, 0) is 26.6 Å². The molecule has 1 saturated heterocycles. The smallest absolute Gasteiger partial charge is 0.386 e. The van der Waals surface area contributed by atoms with Crippen LogP contribution in [0.1, 0.15) is 53.9 Å². The molecule has 0 aromatic heterocycles. The molecule has 15 heteroatoms. The summed E-state index contributed by atoms with van der Waals surface area (Å²) in [6.45, 7) is 18.4. The standard InChI is InChI=1S/C29H70N6O6Si3/c1-13-37-42(36-12,24-18-21-30(6)7)33-27-34(43(38-14-2,39-15-3)25-19-22-31(8)9)29-35(28-33)44(40-16-4,41-17-5)26-20-23-32(10)11/h13-29H2,1-12H3. The Morgan fingerprint density at radius 2 is 0.705 bits per heavy atom. The lowest BCUT2D eigenvalue weighted by Gasteiger charge is -2.55. The first-order valence-electron chi connectivity index (χ1n) is 16.9. The maximum atomic E-state index is 6.78. The normalized spacial score (nSPS) is 17.8. The Balaban J connectivity index is 3.77. The highest BCUT2D eigenvalue weighted by Crippen LogP contribution is 2.33. The zero-order valence-electron chi connectivity index (χ0n) is 30.7. The molecule has 0 N–H and O–H groups in total. The third kappa shape index (κ3) is 13.0. The van der Waals surface area contributed by atoms with E-state index in [1.807, 2.05) is 7.11 Å². The van der Waals surface area contributed by atoms with E-state index >= 15 is 0 Å². The molecule has 0 amide bonds. The average Bonchev–Trinajstić information content (AvgIpc) is 2.96. The van der Waals surface area contributed by atoms with Crippen molar-refractivity contribution in [3.63, 3.8) is 0 Å². The number of nitrogens with zero attached hydrogens (tertiary/aromatic N) is 6. The Morgan fingerprint density at radius 1 is 0.455 bits per heavy atom. The van der Waals surface area contributed by atoms with E-state index in [1.54, 1.807) is 0 Å². The zero-order chi connectivity index (χ0) is 33.2. The average molecular weight is 683 g/mol. The molecule has 1 rings (SSSR count). The molecule has 0 saturated carbocycles. The third-order valence-corrected chi connectivity index (χ3v) is 19.0. The summed E-state index contributed by atoms with van der Waals surface area (Å²) < 4.78 is 47.8. The highest BCUT2D eigenvalue weighted by molar-refractivity contribution is 6.67. The van der Waals surface area contributed by atoms with Crippen molar-refractivity contribution in [3.05, 3.63) is 0 Å². The lowest BCUT2D eigenvalue weighted by molar-refractivity contribution is -0.0156. The first-order chi connectivity index (χ1) is 20.9. The second-order valence-corrected chi connectivity index (χ2v) is 21.8. The van der Waals surface area contributed by atoms with Gasteiger partial charge in [-0.05, 0) is 116 Å². The molecule has 12 nitrogen and oxygen atoms in total. The van der Waals surface area contributed by atoms with Crippen molar-refractivity contribution >= 4 is 26.2 Å². The van der Waals surface area contributed by atoms with E-state index in [1.165, 1.54) is 0 Å². The first-order valence-corrected chi connectivity index (χ1v) is 22.8. The largest absolute Gasteiger partial charge is 0.429 e. The van der Waals surface area contributed by atoms with E-state index in [2.05, 4.69) is 105 Å². The van der Waals surface area contributed by atoms with Gasteiger partial charge in [0.2, 0.25) is 0 Å². The van der Waals surface area contributed by atoms with E-state index in [0.717, 1.165) is 57.0 Å². The van der Waals surface area contributed by atoms with Gasteiger partial charge in [-0.25, -0.2) is 0 Å². The zero-order valence-corrected chi connectivity index (χ0v) is 33.7. The summed E-state index contributed by atoms with van der Waals surface area (Å²) >= 11 is 0. The molecule has 44 heavy (non-hydrogen) atoms. The molecule has 0 bridgehead atoms. The molecule has 1 heterocycles. The van der Waals surface area contributed by atoms with Gasteiger partial charge in [-0.2, -0.15) is 0 Å². The summed E-state index contributed by atoms with van der Waals surface area (Å²) in [5.41, 5.74) is 0. The summed E-state index contributed by atoms with van der Waals surface area (Å²) in [6.07, 6.45) is 2.99. The second-order valence-electron chi connectivity index (χ2n) is 12.3. The number of hydrogen-bond acceptors (Lipinski definition) is 12. The van der Waals surface area contributed by atoms with Crippen molar-refractivity contribution in [2.24, 2.45) is 0 Å². The molecule has 0 spiro atoms. The van der Waals surface area contributed by atoms with Crippen molar-refractivity contribution < 1.29 is 26.6 Å². The van der Waals surface area contributed by atoms with Crippen molar-refractivity contribution in [1.82, 2.24) is 28.4 Å². The van der Waals surface area contributed by atoms with Crippen LogP contribution in [0.25, 0.3) is 0 Å². The molecule has 0 aromatic carbocycles. The number of rotatable bonds is 26. The van der Waals surface area contributed by atoms with Gasteiger partial charge >= 0.3 is 26.2 Å². The van der Waals surface area contributed by atoms with Crippen LogP contribution >= 0.6 is 0 Å². The highest BCUT2D eigenvalue weighted by Gasteiger charge is 2.57. The summed E-state index contributed by atoms with van der Waals surface area (Å²) in [5, 5.41) is 0. The van der Waals surface area contributed by atoms with Crippen LogP contribution in [0.3, 0.4) is 0 Å². The van der Waals surface area contributed by atoms with Gasteiger partial charge in [0.1, 0.15) is 0 Å². The molecular formula is C29H70N6O6Si3. The predicted octanol–water partition coefficient (Wildman–Crippen LogP) is 3.28. The minimum atomic E-state index is -2.85. The molecule has 0 radical (unpaired) electrons. The Kier molecular flexibility index (Phi) is 21.0. The van der Waals surface area contributed by atoms with Crippen LogP contribution in [-0.4, -0.2) is 177 Å². The fourth-order valence-electron chi connectivity index (χ4n) is 6.05. The van der Waals surface area contributed by atoms with Crippen molar-refractivity contribution in [3.8, 4) is 0 Å². The van der Waals surface area contributed by atoms with Gasteiger partial charge in [0.25, 0.3) is 0 Å². The highest BCUT2D eigenvalue weighted by atomic mass is 28.4. The van der Waals surface area contributed by atoms with Crippen molar-refractivity contribution in [2.45, 2.75) is 72.0 Å². The van der Waals surface area contributed by atoms with Gasteiger partial charge in [0.05, 0.1) is 0 Å². The van der Waals surface area contributed by atoms with Crippen LogP contribution < -0.4 is 0 Å².